The van der Waals surface area contributed by atoms with E-state index in [2.05, 4.69) is 0 Å². The third-order valence-corrected chi connectivity index (χ3v) is 11.5. The van der Waals surface area contributed by atoms with E-state index in [-0.39, 0.29) is 33.0 Å². The van der Waals surface area contributed by atoms with E-state index < -0.39 is 80.4 Å². The molecule has 11 rings (SSSR count). The van der Waals surface area contributed by atoms with E-state index in [0.29, 0.717) is 16.3 Å². The molecule has 58 heavy (non-hydrogen) atoms. The van der Waals surface area contributed by atoms with Gasteiger partial charge >= 0.3 is 0 Å². The molecule has 280 valence electrons. The highest BCUT2D eigenvalue weighted by Gasteiger charge is 2.38. The number of fused-ring (bicyclic) bond motifs is 7. The van der Waals surface area contributed by atoms with Crippen LogP contribution in [0.25, 0.3) is 110 Å². The second-order valence-electron chi connectivity index (χ2n) is 14.3. The molecule has 0 radical (unpaired) electrons. The highest BCUT2D eigenvalue weighted by atomic mass is 19.2. The molecule has 0 nitrogen and oxygen atoms in total. The maximum absolute atomic E-state index is 16.0. The standard InChI is InChI=1S/C48H18F10/c49-39-37(40(50)44(54)47(57)43(39)53)33-25-8-1-2-9-26(25)34(38-41(51)45(55)48(58)46(56)42(38)52)36-29-17-16-21(23-12-5-13-28(32(23)29)35(33)36)20-14-15-22-24-10-3-6-19-7-4-11-27(31(19)24)30(22)18-20/h1-18H. The zero-order valence-corrected chi connectivity index (χ0v) is 29.2. The van der Waals surface area contributed by atoms with Gasteiger partial charge in [-0.25, -0.2) is 43.9 Å². The maximum atomic E-state index is 16.0. The van der Waals surface area contributed by atoms with Crippen LogP contribution < -0.4 is 0 Å². The molecule has 0 heterocycles. The minimum Gasteiger partial charge on any atom is -0.203 e. The predicted octanol–water partition coefficient (Wildman–Crippen LogP) is 14.8. The molecule has 2 aliphatic rings. The molecule has 0 fully saturated rings. The molecule has 0 spiro atoms. The van der Waals surface area contributed by atoms with E-state index >= 15 is 35.1 Å². The van der Waals surface area contributed by atoms with Gasteiger partial charge in [0, 0.05) is 11.1 Å². The summed E-state index contributed by atoms with van der Waals surface area (Å²) in [5.74, 6) is -22.4. The van der Waals surface area contributed by atoms with Crippen LogP contribution in [-0.4, -0.2) is 0 Å². The summed E-state index contributed by atoms with van der Waals surface area (Å²) >= 11 is 0. The van der Waals surface area contributed by atoms with Crippen LogP contribution in [-0.2, 0) is 0 Å². The van der Waals surface area contributed by atoms with E-state index in [0.717, 1.165) is 38.6 Å². The van der Waals surface area contributed by atoms with Gasteiger partial charge in [-0.3, -0.25) is 0 Å². The third-order valence-electron chi connectivity index (χ3n) is 11.5. The summed E-state index contributed by atoms with van der Waals surface area (Å²) in [5.41, 5.74) is 1.63. The van der Waals surface area contributed by atoms with Gasteiger partial charge in [-0.2, -0.15) is 0 Å². The van der Waals surface area contributed by atoms with Gasteiger partial charge in [0.05, 0.1) is 11.1 Å². The topological polar surface area (TPSA) is 0 Å². The van der Waals surface area contributed by atoms with Crippen LogP contribution >= 0.6 is 0 Å². The Kier molecular flexibility index (Phi) is 6.98. The summed E-state index contributed by atoms with van der Waals surface area (Å²) in [6.45, 7) is 0. The fourth-order valence-corrected chi connectivity index (χ4v) is 9.18. The van der Waals surface area contributed by atoms with Crippen molar-refractivity contribution in [1.82, 2.24) is 0 Å². The summed E-state index contributed by atoms with van der Waals surface area (Å²) in [5, 5.41) is 2.49. The van der Waals surface area contributed by atoms with Gasteiger partial charge < -0.3 is 0 Å². The summed E-state index contributed by atoms with van der Waals surface area (Å²) in [6, 6.07) is 31.2. The van der Waals surface area contributed by atoms with Gasteiger partial charge in [0.15, 0.2) is 46.5 Å². The molecular weight excluding hydrogens is 767 g/mol. The summed E-state index contributed by atoms with van der Waals surface area (Å²) in [4.78, 5) is 0. The van der Waals surface area contributed by atoms with Gasteiger partial charge in [0.2, 0.25) is 11.6 Å². The molecule has 9 aromatic carbocycles. The normalized spacial score (nSPS) is 12.3. The molecule has 2 aliphatic carbocycles. The first-order valence-corrected chi connectivity index (χ1v) is 17.8. The van der Waals surface area contributed by atoms with E-state index in [4.69, 9.17) is 0 Å². The maximum Gasteiger partial charge on any atom is 0.200 e. The summed E-state index contributed by atoms with van der Waals surface area (Å²) in [7, 11) is 0. The Morgan fingerprint density at radius 3 is 1.21 bits per heavy atom. The molecular formula is C48H18F10. The van der Waals surface area contributed by atoms with Crippen LogP contribution in [0.15, 0.2) is 109 Å². The molecule has 0 unspecified atom stereocenters. The van der Waals surface area contributed by atoms with Crippen LogP contribution in [0.4, 0.5) is 43.9 Å². The monoisotopic (exact) mass is 784 g/mol. The lowest BCUT2D eigenvalue weighted by Crippen LogP contribution is -2.07. The zero-order chi connectivity index (χ0) is 40.0. The van der Waals surface area contributed by atoms with Gasteiger partial charge in [-0.1, -0.05) is 103 Å². The van der Waals surface area contributed by atoms with E-state index in [9.17, 15) is 8.78 Å². The fraction of sp³-hybridized carbons (Fsp3) is 0. The van der Waals surface area contributed by atoms with E-state index in [1.807, 2.05) is 54.6 Å². The first kappa shape index (κ1) is 34.3. The number of hydrogen-bond acceptors (Lipinski definition) is 0. The van der Waals surface area contributed by atoms with Crippen LogP contribution in [0.1, 0.15) is 0 Å². The van der Waals surface area contributed by atoms with Crippen molar-refractivity contribution in [2.24, 2.45) is 0 Å². The Bertz CT molecular complexity index is 3220. The van der Waals surface area contributed by atoms with Gasteiger partial charge in [-0.05, 0) is 94.0 Å². The van der Waals surface area contributed by atoms with Crippen molar-refractivity contribution in [3.63, 3.8) is 0 Å². The molecule has 0 bridgehead atoms. The Balaban J connectivity index is 1.28. The largest absolute Gasteiger partial charge is 0.203 e. The predicted molar refractivity (Wildman–Crippen MR) is 204 cm³/mol. The molecule has 9 aromatic rings. The first-order chi connectivity index (χ1) is 28.0. The number of rotatable bonds is 3. The Morgan fingerprint density at radius 2 is 0.655 bits per heavy atom. The van der Waals surface area contributed by atoms with Crippen LogP contribution in [0.2, 0.25) is 0 Å². The van der Waals surface area contributed by atoms with Crippen molar-refractivity contribution < 1.29 is 43.9 Å². The summed E-state index contributed by atoms with van der Waals surface area (Å²) in [6.07, 6.45) is 0. The van der Waals surface area contributed by atoms with Crippen molar-refractivity contribution in [1.29, 1.82) is 0 Å². The fourth-order valence-electron chi connectivity index (χ4n) is 9.18. The lowest BCUT2D eigenvalue weighted by Gasteiger charge is -2.22. The van der Waals surface area contributed by atoms with Crippen LogP contribution in [0.3, 0.4) is 0 Å². The Hall–Kier alpha value is -6.94. The summed E-state index contributed by atoms with van der Waals surface area (Å²) < 4.78 is 153. The minimum atomic E-state index is -2.40. The number of benzene rings is 9. The Labute approximate surface area is 320 Å². The molecule has 0 atom stereocenters. The van der Waals surface area contributed by atoms with Crippen molar-refractivity contribution in [3.05, 3.63) is 167 Å². The zero-order valence-electron chi connectivity index (χ0n) is 29.2. The highest BCUT2D eigenvalue weighted by molar-refractivity contribution is 6.29. The highest BCUT2D eigenvalue weighted by Crippen LogP contribution is 2.60. The van der Waals surface area contributed by atoms with Crippen LogP contribution in [0.5, 0.6) is 0 Å². The molecule has 10 heteroatoms. The van der Waals surface area contributed by atoms with Crippen molar-refractivity contribution in [2.75, 3.05) is 0 Å². The van der Waals surface area contributed by atoms with Crippen molar-refractivity contribution in [2.45, 2.75) is 0 Å². The van der Waals surface area contributed by atoms with Gasteiger partial charge in [0.1, 0.15) is 0 Å². The Morgan fingerprint density at radius 1 is 0.241 bits per heavy atom. The lowest BCUT2D eigenvalue weighted by atomic mass is 9.82. The molecule has 0 aromatic heterocycles. The van der Waals surface area contributed by atoms with E-state index in [1.54, 1.807) is 24.3 Å². The molecule has 0 saturated heterocycles. The SMILES string of the molecule is Fc1c(F)c(F)c(-c2c3c(c(-c4c(F)c(F)c(F)c(F)c4F)c4ccccc24)-c2ccc(-c4ccc5c(c4)-c4cccc6cccc-5c46)c4cccc-3c24)c(F)c1F. The molecule has 0 amide bonds. The lowest BCUT2D eigenvalue weighted by molar-refractivity contribution is 0.381. The van der Waals surface area contributed by atoms with Crippen LogP contribution in [0, 0.1) is 58.2 Å². The van der Waals surface area contributed by atoms with Crippen molar-refractivity contribution >= 4 is 32.3 Å². The van der Waals surface area contributed by atoms with E-state index in [1.165, 1.54) is 30.3 Å². The van der Waals surface area contributed by atoms with Gasteiger partial charge in [0.25, 0.3) is 0 Å². The second kappa shape index (κ2) is 11.8. The molecule has 0 aliphatic heterocycles. The minimum absolute atomic E-state index is 0.164. The quantitative estimate of drug-likeness (QED) is 0.0951. The second-order valence-corrected chi connectivity index (χ2v) is 14.3. The third kappa shape index (κ3) is 4.21. The number of hydrogen-bond donors (Lipinski definition) is 0. The molecule has 0 N–H and O–H groups in total. The average Bonchev–Trinajstić information content (AvgIpc) is 3.75. The first-order valence-electron chi connectivity index (χ1n) is 17.8. The van der Waals surface area contributed by atoms with Gasteiger partial charge in [-0.15, -0.1) is 0 Å². The van der Waals surface area contributed by atoms with Crippen molar-refractivity contribution in [3.8, 4) is 77.9 Å². The smallest absolute Gasteiger partial charge is 0.200 e. The molecule has 0 saturated carbocycles. The average molecular weight is 785 g/mol. The number of halogens is 10.